The molecule has 7 heteroatoms. The minimum atomic E-state index is -3.69. The number of hydrogen-bond donors (Lipinski definition) is 1. The largest absolute Gasteiger partial charge is 0.467 e. The summed E-state index contributed by atoms with van der Waals surface area (Å²) < 4.78 is 31.6. The lowest BCUT2D eigenvalue weighted by molar-refractivity contribution is -0.121. The lowest BCUT2D eigenvalue weighted by Gasteiger charge is -2.20. The molecule has 0 bridgehead atoms. The highest BCUT2D eigenvalue weighted by atomic mass is 32.2. The molecule has 25 heavy (non-hydrogen) atoms. The number of rotatable bonds is 6. The van der Waals surface area contributed by atoms with E-state index in [1.54, 1.807) is 24.3 Å². The van der Waals surface area contributed by atoms with Crippen LogP contribution in [0.1, 0.15) is 29.7 Å². The van der Waals surface area contributed by atoms with Crippen molar-refractivity contribution in [1.82, 2.24) is 9.62 Å². The van der Waals surface area contributed by atoms with Crippen LogP contribution >= 0.6 is 0 Å². The fraction of sp³-hybridized carbons (Fsp3) is 0.389. The number of amides is 1. The molecule has 1 aliphatic rings. The maximum Gasteiger partial charge on any atom is 0.243 e. The van der Waals surface area contributed by atoms with Crippen molar-refractivity contribution >= 4 is 15.9 Å². The first kappa shape index (κ1) is 17.7. The molecule has 1 amide bonds. The molecule has 6 nitrogen and oxygen atoms in total. The number of furan rings is 1. The third kappa shape index (κ3) is 4.11. The number of sulfonamides is 1. The van der Waals surface area contributed by atoms with Gasteiger partial charge in [-0.3, -0.25) is 4.79 Å². The molecule has 0 unspecified atom stereocenters. The summed E-state index contributed by atoms with van der Waals surface area (Å²) >= 11 is 0. The SMILES string of the molecule is CN(CC(=O)NCc1ccco1)S(=O)(=O)c1ccc2c(c1)CCCC2. The van der Waals surface area contributed by atoms with Crippen LogP contribution in [0, 0.1) is 0 Å². The Morgan fingerprint density at radius 2 is 1.96 bits per heavy atom. The summed E-state index contributed by atoms with van der Waals surface area (Å²) in [6.07, 6.45) is 5.66. The van der Waals surface area contributed by atoms with Gasteiger partial charge < -0.3 is 9.73 Å². The molecule has 2 aromatic rings. The van der Waals surface area contributed by atoms with E-state index in [-0.39, 0.29) is 23.9 Å². The fourth-order valence-electron chi connectivity index (χ4n) is 2.99. The van der Waals surface area contributed by atoms with Crippen LogP contribution in [0.3, 0.4) is 0 Å². The van der Waals surface area contributed by atoms with Crippen molar-refractivity contribution in [1.29, 1.82) is 0 Å². The highest BCUT2D eigenvalue weighted by Gasteiger charge is 2.24. The second-order valence-electron chi connectivity index (χ2n) is 6.25. The number of nitrogens with one attached hydrogen (secondary N) is 1. The van der Waals surface area contributed by atoms with Gasteiger partial charge in [0.1, 0.15) is 5.76 Å². The van der Waals surface area contributed by atoms with Crippen molar-refractivity contribution in [3.8, 4) is 0 Å². The van der Waals surface area contributed by atoms with E-state index in [0.717, 1.165) is 35.6 Å². The van der Waals surface area contributed by atoms with E-state index in [0.29, 0.717) is 5.76 Å². The summed E-state index contributed by atoms with van der Waals surface area (Å²) in [4.78, 5) is 12.2. The average molecular weight is 362 g/mol. The normalized spacial score (nSPS) is 14.3. The second-order valence-corrected chi connectivity index (χ2v) is 8.30. The van der Waals surface area contributed by atoms with Crippen molar-refractivity contribution in [2.75, 3.05) is 13.6 Å². The number of fused-ring (bicyclic) bond motifs is 1. The lowest BCUT2D eigenvalue weighted by atomic mass is 9.92. The predicted octanol–water partition coefficient (Wildman–Crippen LogP) is 2.10. The van der Waals surface area contributed by atoms with Crippen molar-refractivity contribution in [3.05, 3.63) is 53.5 Å². The van der Waals surface area contributed by atoms with Crippen LogP contribution in [0.2, 0.25) is 0 Å². The summed E-state index contributed by atoms with van der Waals surface area (Å²) in [5.41, 5.74) is 2.33. The van der Waals surface area contributed by atoms with E-state index in [4.69, 9.17) is 4.42 Å². The minimum Gasteiger partial charge on any atom is -0.467 e. The number of benzene rings is 1. The number of carbonyl (C=O) groups is 1. The van der Waals surface area contributed by atoms with Gasteiger partial charge >= 0.3 is 0 Å². The summed E-state index contributed by atoms with van der Waals surface area (Å²) in [5, 5.41) is 2.65. The maximum absolute atomic E-state index is 12.7. The van der Waals surface area contributed by atoms with Gasteiger partial charge in [-0.15, -0.1) is 0 Å². The van der Waals surface area contributed by atoms with Crippen LogP contribution in [-0.2, 0) is 34.2 Å². The van der Waals surface area contributed by atoms with Gasteiger partial charge in [-0.25, -0.2) is 8.42 Å². The van der Waals surface area contributed by atoms with Gasteiger partial charge in [0.2, 0.25) is 15.9 Å². The van der Waals surface area contributed by atoms with Gasteiger partial charge in [-0.1, -0.05) is 6.07 Å². The Morgan fingerprint density at radius 3 is 2.68 bits per heavy atom. The van der Waals surface area contributed by atoms with Crippen LogP contribution in [0.25, 0.3) is 0 Å². The van der Waals surface area contributed by atoms with Gasteiger partial charge in [0.15, 0.2) is 0 Å². The zero-order valence-electron chi connectivity index (χ0n) is 14.2. The monoisotopic (exact) mass is 362 g/mol. The van der Waals surface area contributed by atoms with Gasteiger partial charge in [-0.2, -0.15) is 4.31 Å². The standard InChI is InChI=1S/C18H22N2O4S/c1-20(13-18(21)19-12-16-7-4-10-24-16)25(22,23)17-9-8-14-5-2-3-6-15(14)11-17/h4,7-11H,2-3,5-6,12-13H2,1H3,(H,19,21). The Hall–Kier alpha value is -2.12. The number of aryl methyl sites for hydroxylation is 2. The fourth-order valence-corrected chi connectivity index (χ4v) is 4.17. The smallest absolute Gasteiger partial charge is 0.243 e. The Kier molecular flexibility index (Phi) is 5.24. The molecule has 1 aromatic carbocycles. The molecule has 0 spiro atoms. The van der Waals surface area contributed by atoms with Gasteiger partial charge in [0, 0.05) is 7.05 Å². The summed E-state index contributed by atoms with van der Waals surface area (Å²) in [6.45, 7) is -0.00130. The van der Waals surface area contributed by atoms with E-state index in [1.165, 1.54) is 18.9 Å². The summed E-state index contributed by atoms with van der Waals surface area (Å²) in [6, 6.07) is 8.76. The van der Waals surface area contributed by atoms with E-state index >= 15 is 0 Å². The first-order valence-electron chi connectivity index (χ1n) is 8.34. The Morgan fingerprint density at radius 1 is 1.20 bits per heavy atom. The van der Waals surface area contributed by atoms with E-state index < -0.39 is 10.0 Å². The molecule has 3 rings (SSSR count). The van der Waals surface area contributed by atoms with Gasteiger partial charge in [0.05, 0.1) is 24.2 Å². The highest BCUT2D eigenvalue weighted by Crippen LogP contribution is 2.25. The molecule has 1 N–H and O–H groups in total. The van der Waals surface area contributed by atoms with Crippen LogP contribution in [0.4, 0.5) is 0 Å². The Labute approximate surface area is 147 Å². The predicted molar refractivity (Wildman–Crippen MR) is 93.5 cm³/mol. The third-order valence-corrected chi connectivity index (χ3v) is 6.23. The highest BCUT2D eigenvalue weighted by molar-refractivity contribution is 7.89. The molecule has 0 aliphatic heterocycles. The van der Waals surface area contributed by atoms with Gasteiger partial charge in [-0.05, 0) is 61.1 Å². The van der Waals surface area contributed by atoms with E-state index in [9.17, 15) is 13.2 Å². The number of nitrogens with zero attached hydrogens (tertiary/aromatic N) is 1. The molecule has 0 fully saturated rings. The molecule has 0 saturated carbocycles. The molecule has 0 saturated heterocycles. The van der Waals surface area contributed by atoms with E-state index in [1.807, 2.05) is 6.07 Å². The molecule has 0 atom stereocenters. The summed E-state index contributed by atoms with van der Waals surface area (Å²) in [7, 11) is -2.27. The molecular formula is C18H22N2O4S. The zero-order valence-corrected chi connectivity index (χ0v) is 15.0. The van der Waals surface area contributed by atoms with Crippen molar-refractivity contribution in [2.45, 2.75) is 37.1 Å². The molecule has 1 aromatic heterocycles. The second kappa shape index (κ2) is 7.41. The lowest BCUT2D eigenvalue weighted by Crippen LogP contribution is -2.38. The minimum absolute atomic E-state index is 0.235. The molecule has 1 heterocycles. The molecule has 1 aliphatic carbocycles. The quantitative estimate of drug-likeness (QED) is 0.853. The van der Waals surface area contributed by atoms with Gasteiger partial charge in [0.25, 0.3) is 0 Å². The van der Waals surface area contributed by atoms with Crippen molar-refractivity contribution in [3.63, 3.8) is 0 Å². The molecular weight excluding hydrogens is 340 g/mol. The first-order chi connectivity index (χ1) is 12.0. The van der Waals surface area contributed by atoms with Crippen LogP contribution in [-0.4, -0.2) is 32.2 Å². The topological polar surface area (TPSA) is 79.6 Å². The van der Waals surface area contributed by atoms with Crippen LogP contribution in [0.15, 0.2) is 45.9 Å². The maximum atomic E-state index is 12.7. The van der Waals surface area contributed by atoms with Crippen molar-refractivity contribution < 1.29 is 17.6 Å². The number of likely N-dealkylation sites (N-methyl/N-ethyl adjacent to an activating group) is 1. The number of hydrogen-bond acceptors (Lipinski definition) is 4. The molecule has 0 radical (unpaired) electrons. The van der Waals surface area contributed by atoms with Crippen LogP contribution in [0.5, 0.6) is 0 Å². The number of carbonyl (C=O) groups excluding carboxylic acids is 1. The Balaban J connectivity index is 1.65. The van der Waals surface area contributed by atoms with Crippen molar-refractivity contribution in [2.24, 2.45) is 0 Å². The van der Waals surface area contributed by atoms with E-state index in [2.05, 4.69) is 5.32 Å². The zero-order chi connectivity index (χ0) is 17.9. The average Bonchev–Trinajstić information content (AvgIpc) is 3.13. The Bertz CT molecular complexity index is 844. The molecule has 134 valence electrons. The van der Waals surface area contributed by atoms with Crippen LogP contribution < -0.4 is 5.32 Å². The third-order valence-electron chi connectivity index (χ3n) is 4.43. The first-order valence-corrected chi connectivity index (χ1v) is 9.78. The summed E-state index contributed by atoms with van der Waals surface area (Å²) in [5.74, 6) is 0.244.